The van der Waals surface area contributed by atoms with Gasteiger partial charge in [0.05, 0.1) is 4.92 Å². The van der Waals surface area contributed by atoms with Crippen LogP contribution in [0.1, 0.15) is 44.3 Å². The summed E-state index contributed by atoms with van der Waals surface area (Å²) >= 11 is 1.42. The number of hydrogen-bond donors (Lipinski definition) is 1. The number of hydrogen-bond acceptors (Lipinski definition) is 6. The second kappa shape index (κ2) is 5.96. The van der Waals surface area contributed by atoms with Crippen molar-refractivity contribution >= 4 is 17.4 Å². The van der Waals surface area contributed by atoms with Crippen molar-refractivity contribution in [1.82, 2.24) is 14.9 Å². The molecule has 8 heteroatoms. The molecule has 0 saturated carbocycles. The Labute approximate surface area is 133 Å². The van der Waals surface area contributed by atoms with Crippen LogP contribution >= 0.6 is 11.8 Å². The molecule has 7 nitrogen and oxygen atoms in total. The highest BCUT2D eigenvalue weighted by molar-refractivity contribution is 7.99. The first-order valence-electron chi connectivity index (χ1n) is 6.82. The zero-order chi connectivity index (χ0) is 16.5. The number of benzene rings is 1. The molecule has 0 aliphatic rings. The van der Waals surface area contributed by atoms with Gasteiger partial charge in [-0.3, -0.25) is 10.1 Å². The lowest BCUT2D eigenvalue weighted by Crippen LogP contribution is -2.24. The standard InChI is InChI=1S/C14H19N5O2S/c1-9(10-6-5-7-11(8-10)19(20)21)22-13-17-16-12(18(13)15)14(2,3)4/h5-9H,15H2,1-4H3. The van der Waals surface area contributed by atoms with Gasteiger partial charge < -0.3 is 5.84 Å². The van der Waals surface area contributed by atoms with E-state index in [2.05, 4.69) is 10.2 Å². The minimum atomic E-state index is -0.399. The predicted octanol–water partition coefficient (Wildman–Crippen LogP) is 3.05. The molecule has 0 saturated heterocycles. The highest BCUT2D eigenvalue weighted by atomic mass is 32.2. The van der Waals surface area contributed by atoms with Gasteiger partial charge in [-0.05, 0) is 12.5 Å². The number of thioether (sulfide) groups is 1. The summed E-state index contributed by atoms with van der Waals surface area (Å²) in [6, 6.07) is 6.58. The zero-order valence-electron chi connectivity index (χ0n) is 13.0. The van der Waals surface area contributed by atoms with E-state index in [4.69, 9.17) is 5.84 Å². The van der Waals surface area contributed by atoms with Gasteiger partial charge in [-0.25, -0.2) is 4.68 Å². The number of nitro benzene ring substituents is 1. The van der Waals surface area contributed by atoms with Crippen LogP contribution in [0.3, 0.4) is 0 Å². The lowest BCUT2D eigenvalue weighted by atomic mass is 9.96. The fourth-order valence-electron chi connectivity index (χ4n) is 1.99. The summed E-state index contributed by atoms with van der Waals surface area (Å²) in [4.78, 5) is 10.5. The molecule has 0 spiro atoms. The maximum absolute atomic E-state index is 10.9. The molecule has 118 valence electrons. The second-order valence-electron chi connectivity index (χ2n) is 6.04. The van der Waals surface area contributed by atoms with Crippen LogP contribution < -0.4 is 5.84 Å². The van der Waals surface area contributed by atoms with Gasteiger partial charge in [0.1, 0.15) is 0 Å². The molecule has 1 atom stereocenters. The van der Waals surface area contributed by atoms with E-state index in [1.165, 1.54) is 22.5 Å². The molecule has 0 amide bonds. The Morgan fingerprint density at radius 2 is 2.05 bits per heavy atom. The molecule has 1 heterocycles. The molecule has 1 unspecified atom stereocenters. The Balaban J connectivity index is 2.23. The van der Waals surface area contributed by atoms with Crippen molar-refractivity contribution in [3.63, 3.8) is 0 Å². The number of nitro groups is 1. The van der Waals surface area contributed by atoms with Crippen LogP contribution in [0.15, 0.2) is 29.4 Å². The molecule has 22 heavy (non-hydrogen) atoms. The van der Waals surface area contributed by atoms with E-state index in [0.717, 1.165) is 5.56 Å². The van der Waals surface area contributed by atoms with Gasteiger partial charge in [-0.1, -0.05) is 44.7 Å². The van der Waals surface area contributed by atoms with E-state index in [9.17, 15) is 10.1 Å². The third-order valence-electron chi connectivity index (χ3n) is 3.17. The quantitative estimate of drug-likeness (QED) is 0.402. The molecule has 0 aliphatic heterocycles. The molecular weight excluding hydrogens is 302 g/mol. The van der Waals surface area contributed by atoms with E-state index in [-0.39, 0.29) is 16.4 Å². The number of nitrogens with two attached hydrogens (primary N) is 1. The normalized spacial score (nSPS) is 13.1. The van der Waals surface area contributed by atoms with Crippen LogP contribution in [0, 0.1) is 10.1 Å². The molecule has 1 aromatic heterocycles. The van der Waals surface area contributed by atoms with Crippen molar-refractivity contribution in [3.8, 4) is 0 Å². The van der Waals surface area contributed by atoms with Crippen LogP contribution in [-0.4, -0.2) is 19.8 Å². The van der Waals surface area contributed by atoms with Gasteiger partial charge in [0.15, 0.2) is 5.82 Å². The number of rotatable bonds is 4. The lowest BCUT2D eigenvalue weighted by molar-refractivity contribution is -0.384. The van der Waals surface area contributed by atoms with E-state index >= 15 is 0 Å². The van der Waals surface area contributed by atoms with E-state index in [1.54, 1.807) is 12.1 Å². The van der Waals surface area contributed by atoms with E-state index < -0.39 is 4.92 Å². The van der Waals surface area contributed by atoms with Gasteiger partial charge in [0.25, 0.3) is 5.69 Å². The van der Waals surface area contributed by atoms with Gasteiger partial charge in [-0.15, -0.1) is 10.2 Å². The molecule has 0 bridgehead atoms. The molecule has 0 fully saturated rings. The first kappa shape index (κ1) is 16.3. The first-order chi connectivity index (χ1) is 10.2. The van der Waals surface area contributed by atoms with Crippen LogP contribution in [0.5, 0.6) is 0 Å². The Bertz CT molecular complexity index is 693. The third kappa shape index (κ3) is 3.38. The summed E-state index contributed by atoms with van der Waals surface area (Å²) in [6.45, 7) is 7.99. The largest absolute Gasteiger partial charge is 0.336 e. The molecular formula is C14H19N5O2S. The van der Waals surface area contributed by atoms with Gasteiger partial charge in [-0.2, -0.15) is 0 Å². The molecule has 2 N–H and O–H groups in total. The number of nitrogens with zero attached hydrogens (tertiary/aromatic N) is 4. The Morgan fingerprint density at radius 1 is 1.36 bits per heavy atom. The van der Waals surface area contributed by atoms with Crippen LogP contribution in [0.4, 0.5) is 5.69 Å². The summed E-state index contributed by atoms with van der Waals surface area (Å²) in [5.74, 6) is 6.75. The van der Waals surface area contributed by atoms with Gasteiger partial charge in [0.2, 0.25) is 5.16 Å². The van der Waals surface area contributed by atoms with E-state index in [0.29, 0.717) is 11.0 Å². The highest BCUT2D eigenvalue weighted by Crippen LogP contribution is 2.35. The number of nitrogen functional groups attached to an aromatic ring is 1. The van der Waals surface area contributed by atoms with Gasteiger partial charge >= 0.3 is 0 Å². The molecule has 2 rings (SSSR count). The maximum atomic E-state index is 10.9. The SMILES string of the molecule is CC(Sc1nnc(C(C)(C)C)n1N)c1cccc([N+](=O)[O-])c1. The van der Waals surface area contributed by atoms with Crippen molar-refractivity contribution in [3.05, 3.63) is 45.8 Å². The first-order valence-corrected chi connectivity index (χ1v) is 7.70. The monoisotopic (exact) mass is 321 g/mol. The second-order valence-corrected chi connectivity index (χ2v) is 7.35. The average molecular weight is 321 g/mol. The van der Waals surface area contributed by atoms with Crippen LogP contribution in [0.2, 0.25) is 0 Å². The Morgan fingerprint density at radius 3 is 2.59 bits per heavy atom. The van der Waals surface area contributed by atoms with Crippen molar-refractivity contribution < 1.29 is 4.92 Å². The summed E-state index contributed by atoms with van der Waals surface area (Å²) < 4.78 is 1.48. The molecule has 1 aromatic carbocycles. The predicted molar refractivity (Wildman–Crippen MR) is 86.2 cm³/mol. The summed E-state index contributed by atoms with van der Waals surface area (Å²) in [7, 11) is 0. The number of aromatic nitrogens is 3. The zero-order valence-corrected chi connectivity index (χ0v) is 13.8. The van der Waals surface area contributed by atoms with Crippen molar-refractivity contribution in [2.75, 3.05) is 5.84 Å². The fraction of sp³-hybridized carbons (Fsp3) is 0.429. The molecule has 0 radical (unpaired) electrons. The van der Waals surface area contributed by atoms with Crippen molar-refractivity contribution in [2.45, 2.75) is 43.5 Å². The minimum Gasteiger partial charge on any atom is -0.336 e. The summed E-state index contributed by atoms with van der Waals surface area (Å²) in [5.41, 5.74) is 0.726. The topological polar surface area (TPSA) is 99.9 Å². The summed E-state index contributed by atoms with van der Waals surface area (Å²) in [6.07, 6.45) is 0. The Hall–Kier alpha value is -2.09. The van der Waals surface area contributed by atoms with E-state index in [1.807, 2.05) is 33.8 Å². The van der Waals surface area contributed by atoms with Crippen molar-refractivity contribution in [2.24, 2.45) is 0 Å². The summed E-state index contributed by atoms with van der Waals surface area (Å²) in [5, 5.41) is 19.7. The average Bonchev–Trinajstić information content (AvgIpc) is 2.80. The lowest BCUT2D eigenvalue weighted by Gasteiger charge is -2.17. The molecule has 0 aliphatic carbocycles. The number of non-ortho nitro benzene ring substituents is 1. The van der Waals surface area contributed by atoms with Crippen molar-refractivity contribution in [1.29, 1.82) is 0 Å². The molecule has 2 aromatic rings. The van der Waals surface area contributed by atoms with Crippen LogP contribution in [-0.2, 0) is 5.41 Å². The minimum absolute atomic E-state index is 0.0285. The third-order valence-corrected chi connectivity index (χ3v) is 4.28. The fourth-order valence-corrected chi connectivity index (χ4v) is 2.87. The maximum Gasteiger partial charge on any atom is 0.269 e. The van der Waals surface area contributed by atoms with Crippen LogP contribution in [0.25, 0.3) is 0 Å². The highest BCUT2D eigenvalue weighted by Gasteiger charge is 2.24. The van der Waals surface area contributed by atoms with Gasteiger partial charge in [0, 0.05) is 22.8 Å². The smallest absolute Gasteiger partial charge is 0.269 e. The Kier molecular flexibility index (Phi) is 4.41.